The fourth-order valence-corrected chi connectivity index (χ4v) is 4.75. The van der Waals surface area contributed by atoms with Gasteiger partial charge >= 0.3 is 0 Å². The van der Waals surface area contributed by atoms with Crippen molar-refractivity contribution in [1.82, 2.24) is 14.5 Å². The van der Waals surface area contributed by atoms with Crippen molar-refractivity contribution >= 4 is 39.1 Å². The van der Waals surface area contributed by atoms with E-state index in [9.17, 15) is 9.59 Å². The summed E-state index contributed by atoms with van der Waals surface area (Å²) in [5.41, 5.74) is 2.08. The molecule has 0 fully saturated rings. The van der Waals surface area contributed by atoms with Crippen LogP contribution < -0.4 is 15.0 Å². The Labute approximate surface area is 206 Å². The molecule has 9 heteroatoms. The van der Waals surface area contributed by atoms with Crippen LogP contribution in [0.25, 0.3) is 26.3 Å². The number of benzene rings is 2. The second kappa shape index (κ2) is 10.3. The number of amides is 1. The summed E-state index contributed by atoms with van der Waals surface area (Å²) < 4.78 is 13.4. The lowest BCUT2D eigenvalue weighted by molar-refractivity contribution is -0.129. The van der Waals surface area contributed by atoms with Crippen LogP contribution in [-0.4, -0.2) is 47.2 Å². The van der Waals surface area contributed by atoms with Gasteiger partial charge in [0.15, 0.2) is 11.5 Å². The smallest absolute Gasteiger partial charge is 0.275 e. The van der Waals surface area contributed by atoms with Crippen LogP contribution in [-0.2, 0) is 4.79 Å². The van der Waals surface area contributed by atoms with Gasteiger partial charge in [0, 0.05) is 29.4 Å². The summed E-state index contributed by atoms with van der Waals surface area (Å²) in [7, 11) is 1.54. The zero-order valence-electron chi connectivity index (χ0n) is 19.1. The van der Waals surface area contributed by atoms with Gasteiger partial charge in [-0.1, -0.05) is 23.7 Å². The fourth-order valence-electron chi connectivity index (χ4n) is 3.58. The molecule has 0 spiro atoms. The van der Waals surface area contributed by atoms with Crippen LogP contribution in [0.15, 0.2) is 59.7 Å². The average Bonchev–Trinajstić information content (AvgIpc) is 3.28. The maximum atomic E-state index is 13.3. The minimum Gasteiger partial charge on any atom is -0.493 e. The summed E-state index contributed by atoms with van der Waals surface area (Å²) in [6, 6.07) is 14.7. The first-order valence-corrected chi connectivity index (χ1v) is 11.9. The van der Waals surface area contributed by atoms with Crippen molar-refractivity contribution < 1.29 is 14.3 Å². The van der Waals surface area contributed by atoms with Gasteiger partial charge in [0.05, 0.1) is 24.9 Å². The number of halogens is 1. The van der Waals surface area contributed by atoms with Crippen molar-refractivity contribution in [1.29, 1.82) is 0 Å². The molecule has 0 bridgehead atoms. The molecule has 0 N–H and O–H groups in total. The van der Waals surface area contributed by atoms with Gasteiger partial charge in [-0.3, -0.25) is 14.2 Å². The van der Waals surface area contributed by atoms with E-state index in [1.54, 1.807) is 30.2 Å². The normalized spacial score (nSPS) is 10.9. The number of hydrogen-bond donors (Lipinski definition) is 0. The molecule has 0 radical (unpaired) electrons. The third-order valence-corrected chi connectivity index (χ3v) is 6.85. The Morgan fingerprint density at radius 3 is 2.59 bits per heavy atom. The molecule has 1 amide bonds. The Kier molecular flexibility index (Phi) is 7.19. The number of hydrogen-bond acceptors (Lipinski definition) is 6. The summed E-state index contributed by atoms with van der Waals surface area (Å²) in [5.74, 6) is 1.03. The summed E-state index contributed by atoms with van der Waals surface area (Å²) in [4.78, 5) is 32.0. The van der Waals surface area contributed by atoms with Crippen LogP contribution in [0.4, 0.5) is 0 Å². The maximum absolute atomic E-state index is 13.3. The average molecular weight is 498 g/mol. The van der Waals surface area contributed by atoms with Crippen LogP contribution in [0.3, 0.4) is 0 Å². The predicted octanol–water partition coefficient (Wildman–Crippen LogP) is 5.02. The van der Waals surface area contributed by atoms with E-state index >= 15 is 0 Å². The molecular formula is C25H24ClN3O4S. The van der Waals surface area contributed by atoms with Crippen molar-refractivity contribution in [3.63, 3.8) is 0 Å². The summed E-state index contributed by atoms with van der Waals surface area (Å²) >= 11 is 7.39. The summed E-state index contributed by atoms with van der Waals surface area (Å²) in [6.45, 7) is 4.89. The first kappa shape index (κ1) is 23.8. The van der Waals surface area contributed by atoms with Crippen LogP contribution >= 0.6 is 22.9 Å². The largest absolute Gasteiger partial charge is 0.493 e. The summed E-state index contributed by atoms with van der Waals surface area (Å²) in [6.07, 6.45) is 1.52. The van der Waals surface area contributed by atoms with E-state index in [0.29, 0.717) is 52.1 Å². The standard InChI is InChI=1S/C25H24ClN3O4S/c1-4-28(16(2)30)11-12-33-21-10-9-19(13-22(21)32-3)29-15-27-20-14-23(34-24(20)25(29)31)17-5-7-18(26)8-6-17/h5-10,13-15H,4,11-12H2,1-3H3. The topological polar surface area (TPSA) is 73.7 Å². The highest BCUT2D eigenvalue weighted by molar-refractivity contribution is 7.22. The number of aromatic nitrogens is 2. The van der Waals surface area contributed by atoms with E-state index in [2.05, 4.69) is 4.98 Å². The van der Waals surface area contributed by atoms with Crippen molar-refractivity contribution in [2.75, 3.05) is 26.8 Å². The number of nitrogens with zero attached hydrogens (tertiary/aromatic N) is 3. The van der Waals surface area contributed by atoms with E-state index in [1.807, 2.05) is 37.3 Å². The number of methoxy groups -OCH3 is 1. The monoisotopic (exact) mass is 497 g/mol. The minimum absolute atomic E-state index is 0.00322. The highest BCUT2D eigenvalue weighted by atomic mass is 35.5. The second-order valence-corrected chi connectivity index (χ2v) is 9.02. The molecular weight excluding hydrogens is 474 g/mol. The van der Waals surface area contributed by atoms with Gasteiger partial charge in [-0.15, -0.1) is 11.3 Å². The number of ether oxygens (including phenoxy) is 2. The highest BCUT2D eigenvalue weighted by Gasteiger charge is 2.14. The van der Waals surface area contributed by atoms with Gasteiger partial charge in [-0.05, 0) is 42.8 Å². The van der Waals surface area contributed by atoms with Crippen LogP contribution in [0.1, 0.15) is 13.8 Å². The van der Waals surface area contributed by atoms with Gasteiger partial charge in [-0.25, -0.2) is 4.98 Å². The molecule has 2 heterocycles. The molecule has 0 aliphatic carbocycles. The number of fused-ring (bicyclic) bond motifs is 1. The van der Waals surface area contributed by atoms with Gasteiger partial charge in [-0.2, -0.15) is 0 Å². The number of carbonyl (C=O) groups is 1. The number of likely N-dealkylation sites (N-methyl/N-ethyl adjacent to an activating group) is 1. The lowest BCUT2D eigenvalue weighted by Crippen LogP contribution is -2.32. The quantitative estimate of drug-likeness (QED) is 0.341. The van der Waals surface area contributed by atoms with E-state index in [0.717, 1.165) is 10.4 Å². The molecule has 176 valence electrons. The molecule has 0 aliphatic heterocycles. The lowest BCUT2D eigenvalue weighted by Gasteiger charge is -2.19. The lowest BCUT2D eigenvalue weighted by atomic mass is 10.2. The van der Waals surface area contributed by atoms with Crippen LogP contribution in [0.5, 0.6) is 11.5 Å². The van der Waals surface area contributed by atoms with Gasteiger partial charge in [0.25, 0.3) is 5.56 Å². The van der Waals surface area contributed by atoms with Crippen molar-refractivity contribution in [3.05, 3.63) is 70.2 Å². The number of rotatable bonds is 8. The van der Waals surface area contributed by atoms with E-state index in [4.69, 9.17) is 21.1 Å². The fraction of sp³-hybridized carbons (Fsp3) is 0.240. The second-order valence-electron chi connectivity index (χ2n) is 7.53. The molecule has 34 heavy (non-hydrogen) atoms. The minimum atomic E-state index is -0.161. The Balaban J connectivity index is 1.61. The molecule has 0 saturated heterocycles. The van der Waals surface area contributed by atoms with Gasteiger partial charge in [0.2, 0.25) is 5.91 Å². The van der Waals surface area contributed by atoms with Crippen LogP contribution in [0, 0.1) is 0 Å². The zero-order valence-corrected chi connectivity index (χ0v) is 20.7. The first-order chi connectivity index (χ1) is 16.4. The molecule has 0 atom stereocenters. The number of thiophene rings is 1. The third kappa shape index (κ3) is 4.93. The zero-order chi connectivity index (χ0) is 24.2. The Bertz CT molecular complexity index is 1380. The molecule has 7 nitrogen and oxygen atoms in total. The van der Waals surface area contributed by atoms with Crippen molar-refractivity contribution in [3.8, 4) is 27.6 Å². The molecule has 0 aliphatic rings. The van der Waals surface area contributed by atoms with Gasteiger partial charge < -0.3 is 14.4 Å². The molecule has 0 saturated carbocycles. The molecule has 2 aromatic carbocycles. The highest BCUT2D eigenvalue weighted by Crippen LogP contribution is 2.33. The Morgan fingerprint density at radius 2 is 1.91 bits per heavy atom. The molecule has 4 aromatic rings. The third-order valence-electron chi connectivity index (χ3n) is 5.44. The van der Waals surface area contributed by atoms with Gasteiger partial charge in [0.1, 0.15) is 17.6 Å². The Hall–Kier alpha value is -3.36. The predicted molar refractivity (Wildman–Crippen MR) is 136 cm³/mol. The van der Waals surface area contributed by atoms with Crippen molar-refractivity contribution in [2.45, 2.75) is 13.8 Å². The maximum Gasteiger partial charge on any atom is 0.275 e. The van der Waals surface area contributed by atoms with Crippen LogP contribution in [0.2, 0.25) is 5.02 Å². The van der Waals surface area contributed by atoms with E-state index in [-0.39, 0.29) is 11.5 Å². The SMILES string of the molecule is CCN(CCOc1ccc(-n2cnc3cc(-c4ccc(Cl)cc4)sc3c2=O)cc1OC)C(C)=O. The molecule has 4 rings (SSSR count). The molecule has 0 unspecified atom stereocenters. The molecule has 2 aromatic heterocycles. The van der Waals surface area contributed by atoms with Crippen molar-refractivity contribution in [2.24, 2.45) is 0 Å². The number of carbonyl (C=O) groups excluding carboxylic acids is 1. The summed E-state index contributed by atoms with van der Waals surface area (Å²) in [5, 5.41) is 0.660. The van der Waals surface area contributed by atoms with E-state index < -0.39 is 0 Å². The van der Waals surface area contributed by atoms with E-state index in [1.165, 1.54) is 29.2 Å². The Morgan fingerprint density at radius 1 is 1.15 bits per heavy atom. The first-order valence-electron chi connectivity index (χ1n) is 10.7.